The highest BCUT2D eigenvalue weighted by Gasteiger charge is 2.64. The van der Waals surface area contributed by atoms with Crippen molar-refractivity contribution < 1.29 is 0 Å². The van der Waals surface area contributed by atoms with E-state index in [1.54, 1.807) is 6.42 Å². The Morgan fingerprint density at radius 3 is 2.00 bits per heavy atom. The molecule has 0 saturated heterocycles. The standard InChI is InChI=1S/C15H18.2C2H6/c1-2-10-11(3-1)13-7-12(10)14-8-4-5-9(6-8)15(13)14;2*1-2/h1-2,4-5,8-15H,3,6-7H2;2*1-2H3. The van der Waals surface area contributed by atoms with Crippen molar-refractivity contribution in [1.82, 2.24) is 0 Å². The van der Waals surface area contributed by atoms with Crippen LogP contribution in [0.25, 0.3) is 0 Å². The smallest absolute Gasteiger partial charge is 0.0168 e. The minimum atomic E-state index is 0.991. The Morgan fingerprint density at radius 2 is 1.32 bits per heavy atom. The van der Waals surface area contributed by atoms with Gasteiger partial charge in [-0.3, -0.25) is 0 Å². The molecule has 0 nitrogen and oxygen atoms in total. The molecule has 106 valence electrons. The predicted octanol–water partition coefficient (Wildman–Crippen LogP) is 5.32. The number of rotatable bonds is 0. The molecule has 0 N–H and O–H groups in total. The molecular formula is C19H30. The maximum absolute atomic E-state index is 2.57. The summed E-state index contributed by atoms with van der Waals surface area (Å²) in [5, 5.41) is 0. The van der Waals surface area contributed by atoms with E-state index >= 15 is 0 Å². The molecule has 5 aliphatic carbocycles. The quantitative estimate of drug-likeness (QED) is 0.407. The molecule has 8 unspecified atom stereocenters. The summed E-state index contributed by atoms with van der Waals surface area (Å²) in [6, 6.07) is 0. The first-order valence-corrected chi connectivity index (χ1v) is 8.78. The van der Waals surface area contributed by atoms with Gasteiger partial charge in [-0.05, 0) is 66.6 Å². The van der Waals surface area contributed by atoms with Crippen molar-refractivity contribution >= 4 is 0 Å². The van der Waals surface area contributed by atoms with Crippen LogP contribution in [0, 0.1) is 47.3 Å². The average Bonchev–Trinajstić information content (AvgIpc) is 3.24. The molecule has 0 amide bonds. The van der Waals surface area contributed by atoms with E-state index in [2.05, 4.69) is 24.3 Å². The Hall–Kier alpha value is -0.520. The molecule has 0 heterocycles. The lowest BCUT2D eigenvalue weighted by molar-refractivity contribution is 0.121. The van der Waals surface area contributed by atoms with Crippen molar-refractivity contribution in [2.75, 3.05) is 0 Å². The van der Waals surface area contributed by atoms with E-state index < -0.39 is 0 Å². The maximum Gasteiger partial charge on any atom is -0.0168 e. The molecule has 0 aromatic heterocycles. The molecule has 8 atom stereocenters. The van der Waals surface area contributed by atoms with Crippen LogP contribution in [0.2, 0.25) is 0 Å². The molecule has 3 fully saturated rings. The van der Waals surface area contributed by atoms with E-state index in [4.69, 9.17) is 0 Å². The van der Waals surface area contributed by atoms with Crippen molar-refractivity contribution in [1.29, 1.82) is 0 Å². The van der Waals surface area contributed by atoms with Crippen LogP contribution in [0.1, 0.15) is 47.0 Å². The van der Waals surface area contributed by atoms with Gasteiger partial charge in [0.05, 0.1) is 0 Å². The Labute approximate surface area is 119 Å². The summed E-state index contributed by atoms with van der Waals surface area (Å²) < 4.78 is 0. The second kappa shape index (κ2) is 5.11. The van der Waals surface area contributed by atoms with Gasteiger partial charge in [-0.15, -0.1) is 0 Å². The summed E-state index contributed by atoms with van der Waals surface area (Å²) in [7, 11) is 0. The van der Waals surface area contributed by atoms with Gasteiger partial charge < -0.3 is 0 Å². The van der Waals surface area contributed by atoms with E-state index in [9.17, 15) is 0 Å². The SMILES string of the molecule is C1=CC2C(C1)C1CC2C2C3C=CC(C3)C12.CC.CC. The van der Waals surface area contributed by atoms with Gasteiger partial charge >= 0.3 is 0 Å². The zero-order valence-corrected chi connectivity index (χ0v) is 13.0. The molecule has 0 aromatic rings. The van der Waals surface area contributed by atoms with Gasteiger partial charge in [0.25, 0.3) is 0 Å². The van der Waals surface area contributed by atoms with Crippen LogP contribution >= 0.6 is 0 Å². The second-order valence-electron chi connectivity index (χ2n) is 6.57. The average molecular weight is 258 g/mol. The van der Waals surface area contributed by atoms with E-state index in [1.165, 1.54) is 12.8 Å². The van der Waals surface area contributed by atoms with Crippen molar-refractivity contribution in [2.45, 2.75) is 47.0 Å². The second-order valence-corrected chi connectivity index (χ2v) is 6.57. The largest absolute Gasteiger partial charge is 0.0879 e. The predicted molar refractivity (Wildman–Crippen MR) is 82.7 cm³/mol. The zero-order chi connectivity index (χ0) is 13.6. The third-order valence-electron chi connectivity index (χ3n) is 6.42. The van der Waals surface area contributed by atoms with E-state index in [0.717, 1.165) is 47.3 Å². The van der Waals surface area contributed by atoms with Gasteiger partial charge in [0.15, 0.2) is 0 Å². The van der Waals surface area contributed by atoms with Gasteiger partial charge in [0.2, 0.25) is 0 Å². The molecule has 0 heteroatoms. The maximum atomic E-state index is 2.57. The first-order valence-electron chi connectivity index (χ1n) is 8.78. The molecule has 0 aliphatic heterocycles. The molecule has 19 heavy (non-hydrogen) atoms. The van der Waals surface area contributed by atoms with Crippen LogP contribution in [-0.2, 0) is 0 Å². The Bertz CT molecular complexity index is 377. The molecule has 5 aliphatic rings. The highest BCUT2D eigenvalue weighted by atomic mass is 14.7. The molecule has 3 saturated carbocycles. The zero-order valence-electron chi connectivity index (χ0n) is 13.0. The lowest BCUT2D eigenvalue weighted by atomic mass is 9.66. The highest BCUT2D eigenvalue weighted by Crippen LogP contribution is 2.70. The summed E-state index contributed by atoms with van der Waals surface area (Å²) >= 11 is 0. The monoisotopic (exact) mass is 258 g/mol. The van der Waals surface area contributed by atoms with Crippen LogP contribution < -0.4 is 0 Å². The summed E-state index contributed by atoms with van der Waals surface area (Å²) in [5.74, 6) is 8.48. The summed E-state index contributed by atoms with van der Waals surface area (Å²) in [5.41, 5.74) is 0. The number of hydrogen-bond donors (Lipinski definition) is 0. The van der Waals surface area contributed by atoms with Crippen molar-refractivity contribution in [2.24, 2.45) is 47.3 Å². The molecule has 0 aromatic carbocycles. The lowest BCUT2D eigenvalue weighted by Gasteiger charge is -2.38. The minimum absolute atomic E-state index is 0.991. The summed E-state index contributed by atoms with van der Waals surface area (Å²) in [4.78, 5) is 0. The summed E-state index contributed by atoms with van der Waals surface area (Å²) in [6.45, 7) is 8.00. The molecule has 4 bridgehead atoms. The molecule has 0 spiro atoms. The van der Waals surface area contributed by atoms with Crippen LogP contribution in [-0.4, -0.2) is 0 Å². The third kappa shape index (κ3) is 1.64. The van der Waals surface area contributed by atoms with Gasteiger partial charge in [-0.1, -0.05) is 52.0 Å². The topological polar surface area (TPSA) is 0 Å². The van der Waals surface area contributed by atoms with E-state index in [1.807, 2.05) is 27.7 Å². The first-order chi connectivity index (χ1) is 9.43. The highest BCUT2D eigenvalue weighted by molar-refractivity contribution is 5.25. The minimum Gasteiger partial charge on any atom is -0.0879 e. The van der Waals surface area contributed by atoms with Gasteiger partial charge in [0, 0.05) is 0 Å². The normalized spacial score (nSPS) is 53.3. The lowest BCUT2D eigenvalue weighted by Crippen LogP contribution is -2.34. The molecule has 5 rings (SSSR count). The van der Waals surface area contributed by atoms with Crippen molar-refractivity contribution in [3.8, 4) is 0 Å². The van der Waals surface area contributed by atoms with Gasteiger partial charge in [-0.2, -0.15) is 0 Å². The number of allylic oxidation sites excluding steroid dienone is 4. The van der Waals surface area contributed by atoms with Gasteiger partial charge in [0.1, 0.15) is 0 Å². The Balaban J connectivity index is 0.000000256. The fourth-order valence-electron chi connectivity index (χ4n) is 6.22. The van der Waals surface area contributed by atoms with Crippen LogP contribution in [0.5, 0.6) is 0 Å². The van der Waals surface area contributed by atoms with Crippen LogP contribution in [0.4, 0.5) is 0 Å². The fourth-order valence-corrected chi connectivity index (χ4v) is 6.22. The Kier molecular flexibility index (Phi) is 3.62. The van der Waals surface area contributed by atoms with Crippen molar-refractivity contribution in [3.63, 3.8) is 0 Å². The summed E-state index contributed by atoms with van der Waals surface area (Å²) in [6.07, 6.45) is 14.7. The van der Waals surface area contributed by atoms with Gasteiger partial charge in [-0.25, -0.2) is 0 Å². The van der Waals surface area contributed by atoms with E-state index in [-0.39, 0.29) is 0 Å². The third-order valence-corrected chi connectivity index (χ3v) is 6.42. The van der Waals surface area contributed by atoms with Crippen LogP contribution in [0.3, 0.4) is 0 Å². The van der Waals surface area contributed by atoms with E-state index in [0.29, 0.717) is 0 Å². The van der Waals surface area contributed by atoms with Crippen molar-refractivity contribution in [3.05, 3.63) is 24.3 Å². The number of fused-ring (bicyclic) bond motifs is 12. The molecular weight excluding hydrogens is 228 g/mol. The fraction of sp³-hybridized carbons (Fsp3) is 0.789. The van der Waals surface area contributed by atoms with Crippen LogP contribution in [0.15, 0.2) is 24.3 Å². The first kappa shape index (κ1) is 13.5. The number of hydrogen-bond acceptors (Lipinski definition) is 0. The molecule has 0 radical (unpaired) electrons. The Morgan fingerprint density at radius 1 is 0.684 bits per heavy atom.